The first-order valence-electron chi connectivity index (χ1n) is 20.9. The lowest BCUT2D eigenvalue weighted by Gasteiger charge is -2.47. The highest BCUT2D eigenvalue weighted by atomic mass is 16.6. The molecule has 0 aromatic heterocycles. The molecule has 12 nitrogen and oxygen atoms in total. The van der Waals surface area contributed by atoms with Crippen LogP contribution in [0.1, 0.15) is 96.8 Å². The van der Waals surface area contributed by atoms with Gasteiger partial charge in [0, 0.05) is 65.5 Å². The number of ketones is 1. The molecule has 0 aliphatic carbocycles. The Morgan fingerprint density at radius 3 is 2.33 bits per heavy atom. The van der Waals surface area contributed by atoms with Crippen molar-refractivity contribution >= 4 is 5.78 Å². The molecule has 0 amide bonds. The van der Waals surface area contributed by atoms with Gasteiger partial charge in [-0.2, -0.15) is 0 Å². The summed E-state index contributed by atoms with van der Waals surface area (Å²) in [7, 11) is 3.36. The molecule has 7 aliphatic rings. The summed E-state index contributed by atoms with van der Waals surface area (Å²) >= 11 is 0. The largest absolute Gasteiger partial charge is 0.394 e. The number of Topliss-reactive ketones (excluding diaryl/α,β-unsaturated/α-hetero) is 1. The predicted octanol–water partition coefficient (Wildman–Crippen LogP) is 4.40. The van der Waals surface area contributed by atoms with Crippen molar-refractivity contribution in [2.45, 2.75) is 188 Å². The lowest BCUT2D eigenvalue weighted by molar-refractivity contribution is -0.254. The zero-order valence-electron chi connectivity index (χ0n) is 32.7. The van der Waals surface area contributed by atoms with Gasteiger partial charge in [-0.15, -0.1) is 0 Å². The molecule has 7 heterocycles. The molecule has 0 radical (unpaired) electrons. The van der Waals surface area contributed by atoms with Crippen LogP contribution < -0.4 is 0 Å². The van der Waals surface area contributed by atoms with Gasteiger partial charge in [0.25, 0.3) is 0 Å². The summed E-state index contributed by atoms with van der Waals surface area (Å²) < 4.78 is 58.0. The topological polar surface area (TPSA) is 141 Å². The van der Waals surface area contributed by atoms with Crippen molar-refractivity contribution < 1.29 is 57.6 Å². The fourth-order valence-corrected chi connectivity index (χ4v) is 10.5. The van der Waals surface area contributed by atoms with Gasteiger partial charge in [-0.1, -0.05) is 20.1 Å². The van der Waals surface area contributed by atoms with Crippen LogP contribution in [0.25, 0.3) is 0 Å². The normalized spacial score (nSPS) is 46.1. The van der Waals surface area contributed by atoms with Crippen molar-refractivity contribution in [1.29, 1.82) is 0 Å². The quantitative estimate of drug-likeness (QED) is 0.371. The summed E-state index contributed by atoms with van der Waals surface area (Å²) in [5.74, 6) is 0.0971. The first-order valence-corrected chi connectivity index (χ1v) is 20.9. The van der Waals surface area contributed by atoms with Crippen molar-refractivity contribution in [3.8, 4) is 0 Å². The highest BCUT2D eigenvalue weighted by Crippen LogP contribution is 2.43. The number of hydrogen-bond donors (Lipinski definition) is 2. The summed E-state index contributed by atoms with van der Waals surface area (Å²) in [6, 6.07) is 0. The van der Waals surface area contributed by atoms with Gasteiger partial charge < -0.3 is 52.8 Å². The first kappa shape index (κ1) is 40.9. The second-order valence-electron chi connectivity index (χ2n) is 17.2. The molecule has 0 aromatic rings. The number of aliphatic hydroxyl groups is 2. The zero-order chi connectivity index (χ0) is 37.9. The van der Waals surface area contributed by atoms with Gasteiger partial charge in [-0.3, -0.25) is 4.79 Å². The molecule has 6 unspecified atom stereocenters. The van der Waals surface area contributed by atoms with Gasteiger partial charge >= 0.3 is 0 Å². The Morgan fingerprint density at radius 1 is 0.741 bits per heavy atom. The number of rotatable bonds is 6. The fourth-order valence-electron chi connectivity index (χ4n) is 10.5. The van der Waals surface area contributed by atoms with Crippen molar-refractivity contribution in [3.63, 3.8) is 0 Å². The van der Waals surface area contributed by atoms with E-state index in [0.717, 1.165) is 62.5 Å². The average Bonchev–Trinajstić information content (AvgIpc) is 3.87. The van der Waals surface area contributed by atoms with Crippen LogP contribution in [0, 0.1) is 11.8 Å². The first-order chi connectivity index (χ1) is 26.1. The summed E-state index contributed by atoms with van der Waals surface area (Å²) in [6.07, 6.45) is 5.94. The van der Waals surface area contributed by atoms with Gasteiger partial charge in [0.1, 0.15) is 18.0 Å². The third kappa shape index (κ3) is 9.36. The van der Waals surface area contributed by atoms with E-state index >= 15 is 0 Å². The Kier molecular flexibility index (Phi) is 14.0. The predicted molar refractivity (Wildman–Crippen MR) is 198 cm³/mol. The van der Waals surface area contributed by atoms with E-state index in [-0.39, 0.29) is 117 Å². The summed E-state index contributed by atoms with van der Waals surface area (Å²) in [4.78, 5) is 14.0. The van der Waals surface area contributed by atoms with Crippen LogP contribution in [0.3, 0.4) is 0 Å². The Labute approximate surface area is 321 Å². The molecule has 7 rings (SSSR count). The van der Waals surface area contributed by atoms with E-state index in [4.69, 9.17) is 42.6 Å². The van der Waals surface area contributed by atoms with Crippen LogP contribution in [-0.4, -0.2) is 142 Å². The minimum Gasteiger partial charge on any atom is -0.394 e. The highest BCUT2D eigenvalue weighted by molar-refractivity contribution is 5.79. The maximum atomic E-state index is 14.0. The van der Waals surface area contributed by atoms with E-state index in [9.17, 15) is 15.0 Å². The standard InChI is InChI=1S/C42H66O12/c1-23-15-29-8-10-32-24(2)16-28(50-32)7-6-13-48-37-21-39(41-33(46-4)12-14-49-41)53-34-11-9-30(52-42(34)37)17-26(44)18-31-36(20-35(51-29)25(23)3)54-38(40(31)47-5)19-27(45)22-43/h23,27-43,45H,2-3,6-22H2,1,4-5H3/t23-,27+,28?,29?,30-,31?,32?,33-,34+,35?,36?,37-,38-,39-,40-,41+,42+/m1/s1. The Hall–Kier alpha value is -1.29. The summed E-state index contributed by atoms with van der Waals surface area (Å²) in [5, 5.41) is 20.1. The molecule has 0 aromatic carbocycles. The van der Waals surface area contributed by atoms with E-state index in [0.29, 0.717) is 32.5 Å². The lowest BCUT2D eigenvalue weighted by Crippen LogP contribution is -2.58. The second kappa shape index (κ2) is 18.5. The molecule has 2 N–H and O–H groups in total. The summed E-state index contributed by atoms with van der Waals surface area (Å²) in [6.45, 7) is 11.9. The molecule has 7 saturated heterocycles. The van der Waals surface area contributed by atoms with Crippen LogP contribution in [0.15, 0.2) is 24.3 Å². The third-order valence-corrected chi connectivity index (χ3v) is 13.5. The molecule has 0 spiro atoms. The lowest BCUT2D eigenvalue weighted by atomic mass is 9.81. The molecule has 306 valence electrons. The Morgan fingerprint density at radius 2 is 1.54 bits per heavy atom. The van der Waals surface area contributed by atoms with E-state index in [2.05, 4.69) is 20.1 Å². The minimum atomic E-state index is -0.951. The Balaban J connectivity index is 1.11. The smallest absolute Gasteiger partial charge is 0.135 e. The molecular formula is C42H66O12. The van der Waals surface area contributed by atoms with Crippen LogP contribution >= 0.6 is 0 Å². The maximum Gasteiger partial charge on any atom is 0.135 e. The third-order valence-electron chi connectivity index (χ3n) is 13.5. The van der Waals surface area contributed by atoms with Gasteiger partial charge in [-0.05, 0) is 74.9 Å². The molecular weight excluding hydrogens is 696 g/mol. The summed E-state index contributed by atoms with van der Waals surface area (Å²) in [5.41, 5.74) is 2.19. The number of ether oxygens (including phenoxy) is 9. The van der Waals surface area contributed by atoms with Crippen LogP contribution in [0.2, 0.25) is 0 Å². The zero-order valence-corrected chi connectivity index (χ0v) is 32.7. The number of carbonyl (C=O) groups excluding carboxylic acids is 1. The van der Waals surface area contributed by atoms with Crippen molar-refractivity contribution in [3.05, 3.63) is 24.3 Å². The van der Waals surface area contributed by atoms with E-state index in [1.54, 1.807) is 14.2 Å². The van der Waals surface area contributed by atoms with Crippen LogP contribution in [-0.2, 0) is 47.4 Å². The number of aliphatic hydroxyl groups excluding tert-OH is 2. The van der Waals surface area contributed by atoms with Crippen molar-refractivity contribution in [2.24, 2.45) is 11.8 Å². The SMILES string of the molecule is C=C1CC2CCCO[C@@H]3C[C@H]([C@H]4OCC[C@H]4OC)O[C@H]4CC[C@H](CC(=O)CC5C(CC6OC(CCC1O2)C[C@@H](C)C6=C)O[C@H](C[C@H](O)CO)[C@@H]5OC)O[C@@H]43. The average molecular weight is 763 g/mol. The van der Waals surface area contributed by atoms with Gasteiger partial charge in [0.15, 0.2) is 0 Å². The Bertz CT molecular complexity index is 1280. The van der Waals surface area contributed by atoms with Gasteiger partial charge in [0.05, 0.1) is 86.0 Å². The number of hydrogen-bond acceptors (Lipinski definition) is 12. The molecule has 7 fully saturated rings. The van der Waals surface area contributed by atoms with Crippen molar-refractivity contribution in [2.75, 3.05) is 34.0 Å². The molecule has 17 atom stereocenters. The molecule has 12 heteroatoms. The molecule has 0 saturated carbocycles. The van der Waals surface area contributed by atoms with Gasteiger partial charge in [-0.25, -0.2) is 0 Å². The van der Waals surface area contributed by atoms with E-state index in [1.807, 2.05) is 0 Å². The van der Waals surface area contributed by atoms with Crippen LogP contribution in [0.5, 0.6) is 0 Å². The second-order valence-corrected chi connectivity index (χ2v) is 17.2. The van der Waals surface area contributed by atoms with E-state index < -0.39 is 18.3 Å². The maximum absolute atomic E-state index is 14.0. The highest BCUT2D eigenvalue weighted by Gasteiger charge is 2.51. The van der Waals surface area contributed by atoms with Gasteiger partial charge in [0.2, 0.25) is 0 Å². The number of fused-ring (bicyclic) bond motifs is 6. The fraction of sp³-hybridized carbons (Fsp3) is 0.881. The number of carbonyl (C=O) groups is 1. The molecule has 54 heavy (non-hydrogen) atoms. The molecule has 6 bridgehead atoms. The number of methoxy groups -OCH3 is 2. The molecule has 7 aliphatic heterocycles. The van der Waals surface area contributed by atoms with E-state index in [1.165, 1.54) is 0 Å². The van der Waals surface area contributed by atoms with Crippen LogP contribution in [0.4, 0.5) is 0 Å². The minimum absolute atomic E-state index is 0.00992. The monoisotopic (exact) mass is 762 g/mol. The van der Waals surface area contributed by atoms with Crippen molar-refractivity contribution in [1.82, 2.24) is 0 Å².